The summed E-state index contributed by atoms with van der Waals surface area (Å²) in [5.74, 6) is -0.415. The molecule has 2 heterocycles. The molecule has 3 aromatic rings. The summed E-state index contributed by atoms with van der Waals surface area (Å²) in [5, 5.41) is 6.01. The van der Waals surface area contributed by atoms with Gasteiger partial charge in [-0.25, -0.2) is 23.5 Å². The molecule has 0 aliphatic carbocycles. The van der Waals surface area contributed by atoms with Crippen molar-refractivity contribution in [3.63, 3.8) is 0 Å². The smallest absolute Gasteiger partial charge is 0.406 e. The minimum Gasteiger partial charge on any atom is -0.453 e. The van der Waals surface area contributed by atoms with Crippen LogP contribution in [0.4, 0.5) is 25.1 Å². The molecule has 8 nitrogen and oxygen atoms in total. The van der Waals surface area contributed by atoms with Crippen molar-refractivity contribution in [3.05, 3.63) is 70.9 Å². The van der Waals surface area contributed by atoms with Gasteiger partial charge in [0.25, 0.3) is 0 Å². The molecule has 11 heteroatoms. The number of carbonyl (C=O) groups is 1. The highest BCUT2D eigenvalue weighted by Crippen LogP contribution is 2.26. The molecule has 2 aromatic carbocycles. The van der Waals surface area contributed by atoms with Crippen molar-refractivity contribution in [2.24, 2.45) is 0 Å². The third kappa shape index (κ3) is 6.58. The van der Waals surface area contributed by atoms with E-state index in [9.17, 15) is 13.6 Å². The van der Waals surface area contributed by atoms with Gasteiger partial charge in [0, 0.05) is 68.7 Å². The van der Waals surface area contributed by atoms with Gasteiger partial charge in [0.1, 0.15) is 22.5 Å². The van der Waals surface area contributed by atoms with E-state index in [1.165, 1.54) is 25.4 Å². The van der Waals surface area contributed by atoms with Crippen molar-refractivity contribution in [2.45, 2.75) is 6.54 Å². The number of aromatic nitrogens is 2. The highest BCUT2D eigenvalue weighted by molar-refractivity contribution is 6.32. The Labute approximate surface area is 213 Å². The van der Waals surface area contributed by atoms with Crippen LogP contribution >= 0.6 is 11.6 Å². The summed E-state index contributed by atoms with van der Waals surface area (Å²) in [4.78, 5) is 24.6. The molecular formula is C25H27ClF2N6O2. The Morgan fingerprint density at radius 1 is 1.11 bits per heavy atom. The number of hydrogen-bond acceptors (Lipinski definition) is 7. The predicted molar refractivity (Wildman–Crippen MR) is 135 cm³/mol. The average molecular weight is 517 g/mol. The number of nitrogens with zero attached hydrogens (tertiary/aromatic N) is 4. The molecule has 0 saturated carbocycles. The van der Waals surface area contributed by atoms with Crippen LogP contribution in [0.15, 0.2) is 48.7 Å². The van der Waals surface area contributed by atoms with Gasteiger partial charge < -0.3 is 20.3 Å². The maximum Gasteiger partial charge on any atom is 0.406 e. The molecule has 0 bridgehead atoms. The summed E-state index contributed by atoms with van der Waals surface area (Å²) in [6, 6.07) is 11.4. The standard InChI is InChI=1S/C25H27ClF2N6O2/c1-36-25(35)29-8-9-33-10-12-34(13-11-33)20-6-3-17(4-7-20)23-31-16-21(26)24(32-23)30-15-18-2-5-19(27)14-22(18)28/h2-7,14,16H,8-13,15H2,1H3,(H,29,35)(H,30,31,32). The van der Waals surface area contributed by atoms with Crippen molar-refractivity contribution in [3.8, 4) is 11.4 Å². The monoisotopic (exact) mass is 516 g/mol. The molecule has 36 heavy (non-hydrogen) atoms. The second-order valence-corrected chi connectivity index (χ2v) is 8.68. The van der Waals surface area contributed by atoms with Gasteiger partial charge in [0.2, 0.25) is 0 Å². The van der Waals surface area contributed by atoms with E-state index >= 15 is 0 Å². The fourth-order valence-electron chi connectivity index (χ4n) is 3.91. The summed E-state index contributed by atoms with van der Waals surface area (Å²) >= 11 is 6.23. The second kappa shape index (κ2) is 12.0. The number of nitrogens with one attached hydrogen (secondary N) is 2. The van der Waals surface area contributed by atoms with E-state index in [-0.39, 0.29) is 6.54 Å². The lowest BCUT2D eigenvalue weighted by Gasteiger charge is -2.36. The maximum atomic E-state index is 13.9. The Morgan fingerprint density at radius 2 is 1.86 bits per heavy atom. The molecule has 0 atom stereocenters. The summed E-state index contributed by atoms with van der Waals surface area (Å²) in [6.45, 7) is 4.99. The summed E-state index contributed by atoms with van der Waals surface area (Å²) < 4.78 is 31.7. The van der Waals surface area contributed by atoms with Crippen molar-refractivity contribution < 1.29 is 18.3 Å². The lowest BCUT2D eigenvalue weighted by Crippen LogP contribution is -2.48. The Bertz CT molecular complexity index is 1190. The van der Waals surface area contributed by atoms with E-state index in [1.54, 1.807) is 0 Å². The first-order valence-electron chi connectivity index (χ1n) is 11.5. The van der Waals surface area contributed by atoms with Crippen LogP contribution in [-0.4, -0.2) is 67.3 Å². The zero-order valence-corrected chi connectivity index (χ0v) is 20.6. The highest BCUT2D eigenvalue weighted by Gasteiger charge is 2.17. The van der Waals surface area contributed by atoms with Gasteiger partial charge in [0.05, 0.1) is 13.3 Å². The normalized spacial score (nSPS) is 13.9. The minimum absolute atomic E-state index is 0.103. The van der Waals surface area contributed by atoms with Crippen LogP contribution < -0.4 is 15.5 Å². The van der Waals surface area contributed by atoms with Gasteiger partial charge in [0.15, 0.2) is 5.82 Å². The number of benzene rings is 2. The van der Waals surface area contributed by atoms with Crippen LogP contribution in [0, 0.1) is 11.6 Å². The molecule has 2 N–H and O–H groups in total. The third-order valence-corrected chi connectivity index (χ3v) is 6.23. The highest BCUT2D eigenvalue weighted by atomic mass is 35.5. The fraction of sp³-hybridized carbons (Fsp3) is 0.320. The number of amides is 1. The fourth-order valence-corrected chi connectivity index (χ4v) is 4.07. The van der Waals surface area contributed by atoms with Crippen molar-refractivity contribution >= 4 is 29.2 Å². The lowest BCUT2D eigenvalue weighted by molar-refractivity contribution is 0.168. The number of piperazine rings is 1. The quantitative estimate of drug-likeness (QED) is 0.465. The maximum absolute atomic E-state index is 13.9. The number of anilines is 2. The van der Waals surface area contributed by atoms with E-state index in [0.29, 0.717) is 28.8 Å². The SMILES string of the molecule is COC(=O)NCCN1CCN(c2ccc(-c3ncc(Cl)c(NCc4ccc(F)cc4F)n3)cc2)CC1. The molecule has 1 amide bonds. The first-order valence-corrected chi connectivity index (χ1v) is 11.9. The third-order valence-electron chi connectivity index (χ3n) is 5.95. The van der Waals surface area contributed by atoms with Crippen molar-refractivity contribution in [1.29, 1.82) is 0 Å². The Hall–Kier alpha value is -3.50. The molecule has 1 aromatic heterocycles. The topological polar surface area (TPSA) is 82.6 Å². The number of hydrogen-bond donors (Lipinski definition) is 2. The van der Waals surface area contributed by atoms with E-state index in [0.717, 1.165) is 50.0 Å². The Morgan fingerprint density at radius 3 is 2.56 bits per heavy atom. The lowest BCUT2D eigenvalue weighted by atomic mass is 10.1. The van der Waals surface area contributed by atoms with E-state index in [2.05, 4.69) is 35.1 Å². The van der Waals surface area contributed by atoms with Gasteiger partial charge in [-0.2, -0.15) is 0 Å². The summed E-state index contributed by atoms with van der Waals surface area (Å²) in [7, 11) is 1.35. The number of alkyl carbamates (subject to hydrolysis) is 1. The number of carbonyl (C=O) groups excluding carboxylic acids is 1. The summed E-state index contributed by atoms with van der Waals surface area (Å²) in [6.07, 6.45) is 1.08. The first kappa shape index (κ1) is 25.6. The Kier molecular flexibility index (Phi) is 8.50. The number of halogens is 3. The largest absolute Gasteiger partial charge is 0.453 e. The molecule has 0 spiro atoms. The zero-order chi connectivity index (χ0) is 25.5. The molecule has 190 valence electrons. The first-order chi connectivity index (χ1) is 17.4. The molecule has 0 radical (unpaired) electrons. The van der Waals surface area contributed by atoms with Gasteiger partial charge >= 0.3 is 6.09 Å². The van der Waals surface area contributed by atoms with Gasteiger partial charge in [-0.3, -0.25) is 4.90 Å². The van der Waals surface area contributed by atoms with Crippen LogP contribution in [0.2, 0.25) is 5.02 Å². The van der Waals surface area contributed by atoms with Crippen LogP contribution in [-0.2, 0) is 11.3 Å². The van der Waals surface area contributed by atoms with Crippen molar-refractivity contribution in [1.82, 2.24) is 20.2 Å². The number of rotatable bonds is 8. The van der Waals surface area contributed by atoms with Gasteiger partial charge in [-0.1, -0.05) is 17.7 Å². The van der Waals surface area contributed by atoms with Crippen LogP contribution in [0.1, 0.15) is 5.56 Å². The van der Waals surface area contributed by atoms with Crippen LogP contribution in [0.3, 0.4) is 0 Å². The van der Waals surface area contributed by atoms with E-state index in [1.807, 2.05) is 24.3 Å². The number of ether oxygens (including phenoxy) is 1. The zero-order valence-electron chi connectivity index (χ0n) is 19.8. The summed E-state index contributed by atoms with van der Waals surface area (Å²) in [5.41, 5.74) is 2.22. The minimum atomic E-state index is -0.637. The number of methoxy groups -OCH3 is 1. The predicted octanol–water partition coefficient (Wildman–Crippen LogP) is 4.17. The molecular weight excluding hydrogens is 490 g/mol. The van der Waals surface area contributed by atoms with E-state index in [4.69, 9.17) is 11.6 Å². The molecule has 4 rings (SSSR count). The average Bonchev–Trinajstić information content (AvgIpc) is 2.89. The Balaban J connectivity index is 1.34. The molecule has 1 aliphatic heterocycles. The van der Waals surface area contributed by atoms with Crippen molar-refractivity contribution in [2.75, 3.05) is 56.6 Å². The van der Waals surface area contributed by atoms with Gasteiger partial charge in [-0.05, 0) is 30.3 Å². The molecule has 1 aliphatic rings. The van der Waals surface area contributed by atoms with E-state index < -0.39 is 17.7 Å². The van der Waals surface area contributed by atoms with Crippen LogP contribution in [0.5, 0.6) is 0 Å². The molecule has 1 fully saturated rings. The van der Waals surface area contributed by atoms with Crippen LogP contribution in [0.25, 0.3) is 11.4 Å². The molecule has 1 saturated heterocycles. The second-order valence-electron chi connectivity index (χ2n) is 8.27. The van der Waals surface area contributed by atoms with Gasteiger partial charge in [-0.15, -0.1) is 0 Å². The molecule has 0 unspecified atom stereocenters.